The number of nitrogens with one attached hydrogen (secondary N) is 2. The van der Waals surface area contributed by atoms with E-state index >= 15 is 0 Å². The van der Waals surface area contributed by atoms with Crippen molar-refractivity contribution in [1.82, 2.24) is 4.72 Å². The third kappa shape index (κ3) is 3.57. The number of anilines is 1. The van der Waals surface area contributed by atoms with E-state index in [1.54, 1.807) is 42.5 Å². The minimum Gasteiger partial charge on any atom is -0.464 e. The standard InChI is InChI=1S/C18H18N2O4S/c1-12-7-9-13(10-8-12)25(22,23)20-16-11-17(18(21)24-2)19-15-6-4-3-5-14(15)16/h3-11,16,19-20H,1-2H3. The molecule has 1 heterocycles. The highest BCUT2D eigenvalue weighted by atomic mass is 32.2. The number of esters is 1. The summed E-state index contributed by atoms with van der Waals surface area (Å²) in [6.45, 7) is 1.89. The van der Waals surface area contributed by atoms with Gasteiger partial charge in [-0.2, -0.15) is 4.72 Å². The molecule has 0 saturated heterocycles. The van der Waals surface area contributed by atoms with Crippen molar-refractivity contribution in [1.29, 1.82) is 0 Å². The van der Waals surface area contributed by atoms with Gasteiger partial charge in [0.15, 0.2) is 0 Å². The highest BCUT2D eigenvalue weighted by molar-refractivity contribution is 7.89. The van der Waals surface area contributed by atoms with Gasteiger partial charge in [0.2, 0.25) is 10.0 Å². The first kappa shape index (κ1) is 17.2. The van der Waals surface area contributed by atoms with E-state index in [4.69, 9.17) is 4.74 Å². The molecule has 0 spiro atoms. The quantitative estimate of drug-likeness (QED) is 0.821. The molecule has 0 saturated carbocycles. The Bertz CT molecular complexity index is 934. The normalized spacial score (nSPS) is 16.4. The van der Waals surface area contributed by atoms with E-state index in [2.05, 4.69) is 10.0 Å². The van der Waals surface area contributed by atoms with E-state index in [1.165, 1.54) is 13.2 Å². The van der Waals surface area contributed by atoms with Crippen LogP contribution in [-0.2, 0) is 19.6 Å². The van der Waals surface area contributed by atoms with Crippen LogP contribution in [0.3, 0.4) is 0 Å². The second kappa shape index (κ2) is 6.70. The molecule has 3 rings (SSSR count). The van der Waals surface area contributed by atoms with Crippen molar-refractivity contribution in [2.75, 3.05) is 12.4 Å². The molecule has 2 aromatic carbocycles. The van der Waals surface area contributed by atoms with Crippen LogP contribution >= 0.6 is 0 Å². The van der Waals surface area contributed by atoms with Gasteiger partial charge in [-0.25, -0.2) is 13.2 Å². The lowest BCUT2D eigenvalue weighted by Crippen LogP contribution is -2.31. The maximum absolute atomic E-state index is 12.7. The first-order valence-electron chi connectivity index (χ1n) is 7.66. The molecule has 0 radical (unpaired) electrons. The minimum atomic E-state index is -3.75. The summed E-state index contributed by atoms with van der Waals surface area (Å²) in [5.41, 5.74) is 2.55. The molecule has 2 N–H and O–H groups in total. The summed E-state index contributed by atoms with van der Waals surface area (Å²) >= 11 is 0. The number of hydrogen-bond donors (Lipinski definition) is 2. The van der Waals surface area contributed by atoms with Gasteiger partial charge in [-0.1, -0.05) is 35.9 Å². The Hall–Kier alpha value is -2.64. The Morgan fingerprint density at radius 3 is 2.48 bits per heavy atom. The van der Waals surface area contributed by atoms with Crippen molar-refractivity contribution >= 4 is 21.7 Å². The third-order valence-electron chi connectivity index (χ3n) is 3.92. The van der Waals surface area contributed by atoms with Gasteiger partial charge in [-0.3, -0.25) is 0 Å². The lowest BCUT2D eigenvalue weighted by Gasteiger charge is -2.25. The number of fused-ring (bicyclic) bond motifs is 1. The summed E-state index contributed by atoms with van der Waals surface area (Å²) in [7, 11) is -2.48. The summed E-state index contributed by atoms with van der Waals surface area (Å²) in [6, 6.07) is 13.1. The molecular weight excluding hydrogens is 340 g/mol. The summed E-state index contributed by atoms with van der Waals surface area (Å²) < 4.78 is 32.8. The summed E-state index contributed by atoms with van der Waals surface area (Å²) in [5, 5.41) is 2.96. The number of benzene rings is 2. The first-order valence-corrected chi connectivity index (χ1v) is 9.14. The Morgan fingerprint density at radius 1 is 1.12 bits per heavy atom. The average Bonchev–Trinajstić information content (AvgIpc) is 2.61. The lowest BCUT2D eigenvalue weighted by molar-refractivity contribution is -0.135. The highest BCUT2D eigenvalue weighted by Crippen LogP contribution is 2.31. The number of methoxy groups -OCH3 is 1. The van der Waals surface area contributed by atoms with E-state index in [0.29, 0.717) is 5.69 Å². The Balaban J connectivity index is 1.98. The topological polar surface area (TPSA) is 84.5 Å². The van der Waals surface area contributed by atoms with Crippen LogP contribution in [0.5, 0.6) is 0 Å². The second-order valence-electron chi connectivity index (χ2n) is 5.70. The fourth-order valence-corrected chi connectivity index (χ4v) is 3.76. The predicted octanol–water partition coefficient (Wildman–Crippen LogP) is 2.50. The highest BCUT2D eigenvalue weighted by Gasteiger charge is 2.27. The molecule has 0 aliphatic carbocycles. The molecule has 1 atom stereocenters. The van der Waals surface area contributed by atoms with Crippen molar-refractivity contribution in [3.8, 4) is 0 Å². The molecule has 7 heteroatoms. The SMILES string of the molecule is COC(=O)C1=CC(NS(=O)(=O)c2ccc(C)cc2)c2ccccc2N1. The van der Waals surface area contributed by atoms with E-state index in [-0.39, 0.29) is 10.6 Å². The van der Waals surface area contributed by atoms with Crippen LogP contribution < -0.4 is 10.0 Å². The van der Waals surface area contributed by atoms with E-state index in [0.717, 1.165) is 11.1 Å². The van der Waals surface area contributed by atoms with Crippen LogP contribution in [-0.4, -0.2) is 21.5 Å². The monoisotopic (exact) mass is 358 g/mol. The number of hydrogen-bond acceptors (Lipinski definition) is 5. The van der Waals surface area contributed by atoms with Gasteiger partial charge in [-0.15, -0.1) is 0 Å². The molecule has 2 aromatic rings. The molecule has 0 bridgehead atoms. The van der Waals surface area contributed by atoms with Crippen LogP contribution in [0.1, 0.15) is 17.2 Å². The van der Waals surface area contributed by atoms with E-state index < -0.39 is 22.0 Å². The van der Waals surface area contributed by atoms with Gasteiger partial charge in [-0.05, 0) is 36.8 Å². The number of carbonyl (C=O) groups is 1. The number of para-hydroxylation sites is 1. The van der Waals surface area contributed by atoms with Crippen molar-refractivity contribution in [3.05, 3.63) is 71.4 Å². The van der Waals surface area contributed by atoms with Crippen LogP contribution in [0.4, 0.5) is 5.69 Å². The first-order chi connectivity index (χ1) is 11.9. The number of aryl methyl sites for hydroxylation is 1. The molecule has 0 fully saturated rings. The maximum Gasteiger partial charge on any atom is 0.354 e. The van der Waals surface area contributed by atoms with Gasteiger partial charge in [0.05, 0.1) is 18.0 Å². The van der Waals surface area contributed by atoms with Crippen LogP contribution in [0.25, 0.3) is 0 Å². The van der Waals surface area contributed by atoms with Crippen LogP contribution in [0, 0.1) is 6.92 Å². The zero-order valence-corrected chi connectivity index (χ0v) is 14.6. The van der Waals surface area contributed by atoms with Gasteiger partial charge in [0.1, 0.15) is 5.70 Å². The zero-order chi connectivity index (χ0) is 18.0. The zero-order valence-electron chi connectivity index (χ0n) is 13.8. The summed E-state index contributed by atoms with van der Waals surface area (Å²) in [4.78, 5) is 12.0. The molecule has 1 aliphatic heterocycles. The fraction of sp³-hybridized carbons (Fsp3) is 0.167. The lowest BCUT2D eigenvalue weighted by atomic mass is 10.0. The number of rotatable bonds is 4. The number of carbonyl (C=O) groups excluding carboxylic acids is 1. The molecule has 130 valence electrons. The van der Waals surface area contributed by atoms with Crippen molar-refractivity contribution in [3.63, 3.8) is 0 Å². The molecule has 0 amide bonds. The van der Waals surface area contributed by atoms with Crippen LogP contribution in [0.15, 0.2) is 65.2 Å². The van der Waals surface area contributed by atoms with E-state index in [9.17, 15) is 13.2 Å². The Kier molecular flexibility index (Phi) is 4.61. The Morgan fingerprint density at radius 2 is 1.80 bits per heavy atom. The molecule has 0 aromatic heterocycles. The van der Waals surface area contributed by atoms with Gasteiger partial charge in [0, 0.05) is 5.69 Å². The molecule has 1 aliphatic rings. The van der Waals surface area contributed by atoms with Crippen LogP contribution in [0.2, 0.25) is 0 Å². The number of ether oxygens (including phenoxy) is 1. The smallest absolute Gasteiger partial charge is 0.354 e. The minimum absolute atomic E-state index is 0.169. The summed E-state index contributed by atoms with van der Waals surface area (Å²) in [5.74, 6) is -0.561. The fourth-order valence-electron chi connectivity index (χ4n) is 2.60. The molecular formula is C18H18N2O4S. The average molecular weight is 358 g/mol. The Labute approximate surface area is 146 Å². The van der Waals surface area contributed by atoms with Crippen molar-refractivity contribution in [2.45, 2.75) is 17.9 Å². The maximum atomic E-state index is 12.7. The summed E-state index contributed by atoms with van der Waals surface area (Å²) in [6.07, 6.45) is 1.51. The third-order valence-corrected chi connectivity index (χ3v) is 5.37. The molecule has 6 nitrogen and oxygen atoms in total. The number of sulfonamides is 1. The van der Waals surface area contributed by atoms with Gasteiger partial charge in [0.25, 0.3) is 0 Å². The molecule has 1 unspecified atom stereocenters. The van der Waals surface area contributed by atoms with Gasteiger partial charge >= 0.3 is 5.97 Å². The van der Waals surface area contributed by atoms with Crippen molar-refractivity contribution in [2.24, 2.45) is 0 Å². The second-order valence-corrected chi connectivity index (χ2v) is 7.41. The largest absolute Gasteiger partial charge is 0.464 e. The van der Waals surface area contributed by atoms with E-state index in [1.807, 2.05) is 13.0 Å². The van der Waals surface area contributed by atoms with Crippen molar-refractivity contribution < 1.29 is 17.9 Å². The van der Waals surface area contributed by atoms with Gasteiger partial charge < -0.3 is 10.1 Å². The predicted molar refractivity (Wildman–Crippen MR) is 94.4 cm³/mol. The molecule has 25 heavy (non-hydrogen) atoms.